The summed E-state index contributed by atoms with van der Waals surface area (Å²) in [7, 11) is 0. The summed E-state index contributed by atoms with van der Waals surface area (Å²) < 4.78 is 0. The summed E-state index contributed by atoms with van der Waals surface area (Å²) in [4.78, 5) is 11.9. The maximum absolute atomic E-state index is 11.9. The SMILES string of the molecule is Cc1cccc2c1NC(=O)CCC2c1ccccc1. The van der Waals surface area contributed by atoms with E-state index >= 15 is 0 Å². The molecule has 3 rings (SSSR count). The highest BCUT2D eigenvalue weighted by Crippen LogP contribution is 2.37. The molecular weight excluding hydrogens is 234 g/mol. The average molecular weight is 251 g/mol. The predicted octanol–water partition coefficient (Wildman–Crippen LogP) is 3.86. The monoisotopic (exact) mass is 251 g/mol. The lowest BCUT2D eigenvalue weighted by molar-refractivity contribution is -0.116. The van der Waals surface area contributed by atoms with Gasteiger partial charge in [0.2, 0.25) is 5.91 Å². The Balaban J connectivity index is 2.13. The van der Waals surface area contributed by atoms with Crippen LogP contribution >= 0.6 is 0 Å². The van der Waals surface area contributed by atoms with E-state index in [1.165, 1.54) is 11.1 Å². The van der Waals surface area contributed by atoms with Crippen LogP contribution in [0.25, 0.3) is 0 Å². The van der Waals surface area contributed by atoms with Crippen molar-refractivity contribution in [1.82, 2.24) is 0 Å². The molecule has 1 N–H and O–H groups in total. The molecule has 0 spiro atoms. The fourth-order valence-corrected chi connectivity index (χ4v) is 2.82. The van der Waals surface area contributed by atoms with Gasteiger partial charge in [0.25, 0.3) is 0 Å². The number of carbonyl (C=O) groups excluding carboxylic acids is 1. The highest BCUT2D eigenvalue weighted by molar-refractivity contribution is 5.93. The maximum atomic E-state index is 11.9. The number of nitrogens with one attached hydrogen (secondary N) is 1. The van der Waals surface area contributed by atoms with Gasteiger partial charge in [-0.15, -0.1) is 0 Å². The van der Waals surface area contributed by atoms with Crippen molar-refractivity contribution in [2.45, 2.75) is 25.7 Å². The van der Waals surface area contributed by atoms with Crippen LogP contribution in [0.1, 0.15) is 35.4 Å². The van der Waals surface area contributed by atoms with Crippen molar-refractivity contribution in [3.63, 3.8) is 0 Å². The number of amides is 1. The molecule has 2 nitrogen and oxygen atoms in total. The summed E-state index contributed by atoms with van der Waals surface area (Å²) in [6.45, 7) is 2.05. The van der Waals surface area contributed by atoms with Gasteiger partial charge < -0.3 is 5.32 Å². The van der Waals surface area contributed by atoms with Gasteiger partial charge in [-0.1, -0.05) is 48.5 Å². The molecule has 19 heavy (non-hydrogen) atoms. The first-order chi connectivity index (χ1) is 9.25. The normalized spacial score (nSPS) is 18.4. The van der Waals surface area contributed by atoms with Gasteiger partial charge in [0.1, 0.15) is 0 Å². The third-order valence-electron chi connectivity index (χ3n) is 3.81. The zero-order chi connectivity index (χ0) is 13.2. The van der Waals surface area contributed by atoms with E-state index in [-0.39, 0.29) is 5.91 Å². The predicted molar refractivity (Wildman–Crippen MR) is 77.3 cm³/mol. The van der Waals surface area contributed by atoms with Gasteiger partial charge in [-0.2, -0.15) is 0 Å². The lowest BCUT2D eigenvalue weighted by Crippen LogP contribution is -2.10. The van der Waals surface area contributed by atoms with Crippen molar-refractivity contribution < 1.29 is 4.79 Å². The molecule has 0 bridgehead atoms. The molecule has 0 aromatic heterocycles. The molecule has 1 aliphatic rings. The van der Waals surface area contributed by atoms with Crippen molar-refractivity contribution in [3.05, 3.63) is 65.2 Å². The Hall–Kier alpha value is -2.09. The molecule has 0 fully saturated rings. The van der Waals surface area contributed by atoms with E-state index in [1.807, 2.05) is 19.1 Å². The van der Waals surface area contributed by atoms with Gasteiger partial charge in [0.05, 0.1) is 0 Å². The molecule has 2 heteroatoms. The number of hydrogen-bond acceptors (Lipinski definition) is 1. The Kier molecular flexibility index (Phi) is 3.08. The van der Waals surface area contributed by atoms with Crippen LogP contribution in [0.5, 0.6) is 0 Å². The summed E-state index contributed by atoms with van der Waals surface area (Å²) in [5.74, 6) is 0.420. The Morgan fingerprint density at radius 2 is 1.84 bits per heavy atom. The molecule has 0 saturated heterocycles. The van der Waals surface area contributed by atoms with Gasteiger partial charge in [-0.3, -0.25) is 4.79 Å². The van der Waals surface area contributed by atoms with E-state index in [0.29, 0.717) is 12.3 Å². The van der Waals surface area contributed by atoms with Crippen molar-refractivity contribution in [1.29, 1.82) is 0 Å². The summed E-state index contributed by atoms with van der Waals surface area (Å²) in [6.07, 6.45) is 1.44. The van der Waals surface area contributed by atoms with Crippen LogP contribution in [-0.2, 0) is 4.79 Å². The lowest BCUT2D eigenvalue weighted by atomic mass is 9.86. The fraction of sp³-hybridized carbons (Fsp3) is 0.235. The fourth-order valence-electron chi connectivity index (χ4n) is 2.82. The standard InChI is InChI=1S/C17H17NO/c1-12-6-5-9-15-14(13-7-3-2-4-8-13)10-11-16(19)18-17(12)15/h2-9,14H,10-11H2,1H3,(H,18,19). The van der Waals surface area contributed by atoms with E-state index in [1.54, 1.807) is 0 Å². The van der Waals surface area contributed by atoms with E-state index in [4.69, 9.17) is 0 Å². The minimum atomic E-state index is 0.119. The molecule has 1 unspecified atom stereocenters. The first-order valence-electron chi connectivity index (χ1n) is 6.70. The summed E-state index contributed by atoms with van der Waals surface area (Å²) >= 11 is 0. The molecular formula is C17H17NO. The number of carbonyl (C=O) groups is 1. The van der Waals surface area contributed by atoms with Gasteiger partial charge in [0, 0.05) is 18.0 Å². The molecule has 0 radical (unpaired) electrons. The summed E-state index contributed by atoms with van der Waals surface area (Å²) in [5.41, 5.74) is 4.65. The van der Waals surface area contributed by atoms with Crippen LogP contribution in [0, 0.1) is 6.92 Å². The second-order valence-electron chi connectivity index (χ2n) is 5.09. The Labute approximate surface area is 113 Å². The molecule has 1 heterocycles. The third-order valence-corrected chi connectivity index (χ3v) is 3.81. The lowest BCUT2D eigenvalue weighted by Gasteiger charge is -2.18. The highest BCUT2D eigenvalue weighted by Gasteiger charge is 2.23. The number of aryl methyl sites for hydroxylation is 1. The first-order valence-corrected chi connectivity index (χ1v) is 6.70. The molecule has 0 saturated carbocycles. The molecule has 96 valence electrons. The number of para-hydroxylation sites is 1. The zero-order valence-corrected chi connectivity index (χ0v) is 11.0. The van der Waals surface area contributed by atoms with Crippen molar-refractivity contribution in [2.24, 2.45) is 0 Å². The highest BCUT2D eigenvalue weighted by atomic mass is 16.1. The van der Waals surface area contributed by atoms with E-state index in [9.17, 15) is 4.79 Å². The quantitative estimate of drug-likeness (QED) is 0.819. The largest absolute Gasteiger partial charge is 0.326 e. The third kappa shape index (κ3) is 2.26. The van der Waals surface area contributed by atoms with E-state index in [0.717, 1.165) is 17.7 Å². The zero-order valence-electron chi connectivity index (χ0n) is 11.0. The number of rotatable bonds is 1. The smallest absolute Gasteiger partial charge is 0.224 e. The topological polar surface area (TPSA) is 29.1 Å². The molecule has 2 aromatic carbocycles. The van der Waals surface area contributed by atoms with Crippen LogP contribution in [0.15, 0.2) is 48.5 Å². The minimum absolute atomic E-state index is 0.119. The first kappa shape index (κ1) is 12.0. The van der Waals surface area contributed by atoms with Crippen LogP contribution in [0.4, 0.5) is 5.69 Å². The van der Waals surface area contributed by atoms with Crippen LogP contribution in [0.2, 0.25) is 0 Å². The minimum Gasteiger partial charge on any atom is -0.326 e. The number of hydrogen-bond donors (Lipinski definition) is 1. The second kappa shape index (κ2) is 4.88. The Morgan fingerprint density at radius 1 is 1.05 bits per heavy atom. The van der Waals surface area contributed by atoms with Gasteiger partial charge in [-0.25, -0.2) is 0 Å². The summed E-state index contributed by atoms with van der Waals surface area (Å²) in [5, 5.41) is 3.05. The molecule has 1 aliphatic heterocycles. The molecule has 1 atom stereocenters. The van der Waals surface area contributed by atoms with Crippen LogP contribution in [-0.4, -0.2) is 5.91 Å². The molecule has 0 aliphatic carbocycles. The van der Waals surface area contributed by atoms with E-state index in [2.05, 4.69) is 41.7 Å². The summed E-state index contributed by atoms with van der Waals surface area (Å²) in [6, 6.07) is 16.7. The van der Waals surface area contributed by atoms with Crippen molar-refractivity contribution >= 4 is 11.6 Å². The average Bonchev–Trinajstić information content (AvgIpc) is 2.60. The Morgan fingerprint density at radius 3 is 2.63 bits per heavy atom. The van der Waals surface area contributed by atoms with Crippen molar-refractivity contribution in [3.8, 4) is 0 Å². The van der Waals surface area contributed by atoms with Gasteiger partial charge in [0.15, 0.2) is 0 Å². The van der Waals surface area contributed by atoms with Crippen LogP contribution in [0.3, 0.4) is 0 Å². The van der Waals surface area contributed by atoms with Crippen molar-refractivity contribution in [2.75, 3.05) is 5.32 Å². The molecule has 1 amide bonds. The maximum Gasteiger partial charge on any atom is 0.224 e. The molecule has 2 aromatic rings. The number of fused-ring (bicyclic) bond motifs is 1. The van der Waals surface area contributed by atoms with E-state index < -0.39 is 0 Å². The Bertz CT molecular complexity index is 604. The van der Waals surface area contributed by atoms with Crippen LogP contribution < -0.4 is 5.32 Å². The van der Waals surface area contributed by atoms with Gasteiger partial charge in [-0.05, 0) is 30.0 Å². The number of benzene rings is 2. The second-order valence-corrected chi connectivity index (χ2v) is 5.09. The number of anilines is 1. The van der Waals surface area contributed by atoms with Gasteiger partial charge >= 0.3 is 0 Å².